The summed E-state index contributed by atoms with van der Waals surface area (Å²) < 4.78 is 233. The molecule has 1 fully saturated rings. The van der Waals surface area contributed by atoms with Gasteiger partial charge >= 0.3 is 54.1 Å². The van der Waals surface area contributed by atoms with Crippen molar-refractivity contribution in [2.24, 2.45) is 0 Å². The quantitative estimate of drug-likeness (QED) is 0.0943. The van der Waals surface area contributed by atoms with Crippen LogP contribution in [0.1, 0.15) is 27.8 Å². The predicted octanol–water partition coefficient (Wildman–Crippen LogP) is 14.5. The summed E-state index contributed by atoms with van der Waals surface area (Å²) in [6.45, 7) is 0. The van der Waals surface area contributed by atoms with Crippen molar-refractivity contribution in [2.75, 3.05) is 0 Å². The molecule has 1 aliphatic rings. The lowest BCUT2D eigenvalue weighted by Gasteiger charge is -2.33. The Morgan fingerprint density at radius 2 is 0.468 bits per heavy atom. The van der Waals surface area contributed by atoms with Crippen LogP contribution in [0.15, 0.2) is 121 Å². The Morgan fingerprint density at radius 3 is 0.645 bits per heavy atom. The van der Waals surface area contributed by atoms with E-state index in [2.05, 4.69) is 14.6 Å². The summed E-state index contributed by atoms with van der Waals surface area (Å²) >= 11 is 7.06. The SMILES string of the molecule is FC(F)(F)c1ccc(O[P+]2(Cl)N[P+](Oc3ccc(C(F)(F)F)cc3)(Oc3ccc(C(F)(F)F)cc3)N[P+](Oc3ccc(C(F)(F)F)cc3)(Oc3ccc(C(F)(F)F)cc3)N2)cc1. The van der Waals surface area contributed by atoms with Gasteiger partial charge in [-0.3, -0.25) is 22.6 Å². The van der Waals surface area contributed by atoms with Crippen molar-refractivity contribution in [3.63, 3.8) is 0 Å². The van der Waals surface area contributed by atoms with E-state index in [1.807, 2.05) is 0 Å². The molecule has 332 valence electrons. The van der Waals surface area contributed by atoms with Crippen molar-refractivity contribution in [3.05, 3.63) is 149 Å². The van der Waals surface area contributed by atoms with Gasteiger partial charge in [0.05, 0.1) is 37.5 Å². The van der Waals surface area contributed by atoms with Gasteiger partial charge in [0.15, 0.2) is 40.0 Å². The van der Waals surface area contributed by atoms with E-state index in [1.165, 1.54) is 0 Å². The third-order valence-electron chi connectivity index (χ3n) is 7.86. The number of hydrogen-bond donors (Lipinski definition) is 3. The first-order valence-electron chi connectivity index (χ1n) is 16.6. The molecule has 0 unspecified atom stereocenters. The maximum absolute atomic E-state index is 13.5. The number of alkyl halides is 15. The van der Waals surface area contributed by atoms with Crippen molar-refractivity contribution in [2.45, 2.75) is 30.9 Å². The summed E-state index contributed by atoms with van der Waals surface area (Å²) in [6.07, 6.45) is -24.3. The molecule has 8 nitrogen and oxygen atoms in total. The fraction of sp³-hybridized carbons (Fsp3) is 0.143. The maximum Gasteiger partial charge on any atom is 0.599 e. The monoisotopic (exact) mass is 978 g/mol. The van der Waals surface area contributed by atoms with Gasteiger partial charge in [-0.1, -0.05) is 0 Å². The molecule has 0 atom stereocenters. The summed E-state index contributed by atoms with van der Waals surface area (Å²) in [5.41, 5.74) is -5.90. The smallest absolute Gasteiger partial charge is 0.286 e. The lowest BCUT2D eigenvalue weighted by atomic mass is 10.2. The molecule has 0 aliphatic carbocycles. The van der Waals surface area contributed by atoms with Crippen molar-refractivity contribution in [3.8, 4) is 28.7 Å². The van der Waals surface area contributed by atoms with E-state index in [-0.39, 0.29) is 0 Å². The topological polar surface area (TPSA) is 82.2 Å². The molecule has 27 heteroatoms. The number of benzene rings is 5. The molecule has 5 aromatic carbocycles. The normalized spacial score (nSPS) is 16.6. The van der Waals surface area contributed by atoms with Crippen LogP contribution in [-0.2, 0) is 30.9 Å². The van der Waals surface area contributed by atoms with Gasteiger partial charge in [0.25, 0.3) is 0 Å². The third-order valence-corrected chi connectivity index (χ3v) is 18.0. The van der Waals surface area contributed by atoms with Gasteiger partial charge in [0.1, 0.15) is 4.86 Å². The van der Waals surface area contributed by atoms with Crippen LogP contribution >= 0.6 is 34.4 Å². The van der Waals surface area contributed by atoms with Gasteiger partial charge in [-0.2, -0.15) is 65.9 Å². The average molecular weight is 979 g/mol. The fourth-order valence-corrected chi connectivity index (χ4v) is 16.7. The lowest BCUT2D eigenvalue weighted by Crippen LogP contribution is -2.49. The summed E-state index contributed by atoms with van der Waals surface area (Å²) in [5.74, 6) is -2.45. The molecule has 0 bridgehead atoms. The van der Waals surface area contributed by atoms with Crippen LogP contribution in [0.3, 0.4) is 0 Å². The highest BCUT2D eigenvalue weighted by molar-refractivity contribution is 8.05. The molecule has 6 rings (SSSR count). The molecule has 0 amide bonds. The fourth-order valence-electron chi connectivity index (χ4n) is 5.08. The Labute approximate surface area is 345 Å². The summed E-state index contributed by atoms with van der Waals surface area (Å²) in [7, 11) is -14.1. The van der Waals surface area contributed by atoms with Crippen LogP contribution in [0.4, 0.5) is 65.9 Å². The van der Waals surface area contributed by atoms with Crippen molar-refractivity contribution >= 4 is 34.4 Å². The number of rotatable bonds is 10. The highest BCUT2D eigenvalue weighted by Crippen LogP contribution is 2.81. The molecule has 0 radical (unpaired) electrons. The zero-order chi connectivity index (χ0) is 45.6. The second kappa shape index (κ2) is 16.9. The van der Waals surface area contributed by atoms with E-state index in [1.54, 1.807) is 0 Å². The first-order valence-corrected chi connectivity index (χ1v) is 22.5. The van der Waals surface area contributed by atoms with Crippen molar-refractivity contribution in [1.82, 2.24) is 14.6 Å². The maximum atomic E-state index is 13.5. The van der Waals surface area contributed by atoms with Crippen LogP contribution in [0.25, 0.3) is 0 Å². The van der Waals surface area contributed by atoms with Crippen molar-refractivity contribution in [1.29, 1.82) is 0 Å². The Morgan fingerprint density at radius 1 is 0.290 bits per heavy atom. The van der Waals surface area contributed by atoms with Gasteiger partial charge < -0.3 is 0 Å². The zero-order valence-electron chi connectivity index (χ0n) is 30.0. The summed E-state index contributed by atoms with van der Waals surface area (Å²) in [6, 6.07) is 13.3. The molecule has 0 saturated carbocycles. The molecule has 0 spiro atoms. The molecule has 1 heterocycles. The molecule has 62 heavy (non-hydrogen) atoms. The minimum Gasteiger partial charge on any atom is -0.286 e. The minimum absolute atomic E-state index is 0.451. The van der Waals surface area contributed by atoms with Crippen LogP contribution < -0.4 is 37.2 Å². The number of hydrogen-bond acceptors (Lipinski definition) is 8. The summed E-state index contributed by atoms with van der Waals surface area (Å²) in [4.78, 5) is 7.88. The Hall–Kier alpha value is -4.49. The van der Waals surface area contributed by atoms with Crippen molar-refractivity contribution < 1.29 is 88.5 Å². The van der Waals surface area contributed by atoms with E-state index in [4.69, 9.17) is 33.9 Å². The Bertz CT molecular complexity index is 2070. The van der Waals surface area contributed by atoms with E-state index >= 15 is 0 Å². The van der Waals surface area contributed by atoms with E-state index in [0.717, 1.165) is 60.7 Å². The third kappa shape index (κ3) is 11.7. The lowest BCUT2D eigenvalue weighted by molar-refractivity contribution is -0.138. The largest absolute Gasteiger partial charge is 0.599 e. The second-order valence-corrected chi connectivity index (χ2v) is 20.5. The summed E-state index contributed by atoms with van der Waals surface area (Å²) in [5, 5.41) is 0. The predicted molar refractivity (Wildman–Crippen MR) is 196 cm³/mol. The molecular weight excluding hydrogens is 956 g/mol. The Kier molecular flexibility index (Phi) is 12.8. The van der Waals surface area contributed by atoms with Gasteiger partial charge in [0.2, 0.25) is 0 Å². The minimum atomic E-state index is -4.87. The molecule has 1 saturated heterocycles. The van der Waals surface area contributed by atoms with Gasteiger partial charge in [-0.05, 0) is 121 Å². The highest BCUT2D eigenvalue weighted by Gasteiger charge is 2.82. The van der Waals surface area contributed by atoms with E-state index in [9.17, 15) is 65.9 Å². The van der Waals surface area contributed by atoms with Gasteiger partial charge in [0, 0.05) is 0 Å². The zero-order valence-corrected chi connectivity index (χ0v) is 33.4. The van der Waals surface area contributed by atoms with E-state index < -0.39 is 111 Å². The first kappa shape index (κ1) is 47.0. The van der Waals surface area contributed by atoms with Crippen LogP contribution in [-0.4, -0.2) is 0 Å². The van der Waals surface area contributed by atoms with Crippen LogP contribution in [0.2, 0.25) is 0 Å². The van der Waals surface area contributed by atoms with Gasteiger partial charge in [-0.25, -0.2) is 0 Å². The molecular formula is C35H23ClF15N3O5P3+3. The van der Waals surface area contributed by atoms with Crippen LogP contribution in [0.5, 0.6) is 28.7 Å². The van der Waals surface area contributed by atoms with Gasteiger partial charge in [-0.15, -0.1) is 0 Å². The molecule has 3 N–H and O–H groups in total. The molecule has 0 aromatic heterocycles. The number of halogens is 16. The molecule has 1 aliphatic heterocycles. The standard InChI is InChI=1S/C35H23ClF15N3O5P3/c36-60(55-26-11-1-21(2-12-26)31(37,38)39)52-61(56-27-13-3-22(4-14-27)32(40,41)42,57-28-15-5-23(6-16-28)33(43,44)45)54-62(53-60,58-29-17-7-24(8-18-29)34(46,47)48)59-30-19-9-25(10-20-30)35(49,50)51/h1-20,52-54H/q+3. The Balaban J connectivity index is 1.55. The van der Waals surface area contributed by atoms with Crippen LogP contribution in [0, 0.1) is 0 Å². The van der Waals surface area contributed by atoms with E-state index in [0.29, 0.717) is 60.7 Å². The molecule has 5 aromatic rings. The second-order valence-electron chi connectivity index (χ2n) is 12.5. The average Bonchev–Trinajstić information content (AvgIpc) is 3.13. The first-order chi connectivity index (χ1) is 28.5. The number of nitrogens with one attached hydrogen (secondary N) is 3. The highest BCUT2D eigenvalue weighted by atomic mass is 35.7.